The number of hydrogen-bond acceptors (Lipinski definition) is 6. The van der Waals surface area contributed by atoms with E-state index in [9.17, 15) is 0 Å². The predicted molar refractivity (Wildman–Crippen MR) is 274 cm³/mol. The van der Waals surface area contributed by atoms with E-state index in [1.807, 2.05) is 69.8 Å². The third-order valence-electron chi connectivity index (χ3n) is 12.3. The first-order valence-electron chi connectivity index (χ1n) is 22.8. The van der Waals surface area contributed by atoms with E-state index < -0.39 is 0 Å². The van der Waals surface area contributed by atoms with Gasteiger partial charge in [0.2, 0.25) is 0 Å². The summed E-state index contributed by atoms with van der Waals surface area (Å²) in [5.41, 5.74) is 10.6. The smallest absolute Gasteiger partial charge is 0.268 e. The molecule has 0 amide bonds. The van der Waals surface area contributed by atoms with Crippen molar-refractivity contribution in [2.45, 2.75) is 0 Å². The molecule has 12 heteroatoms. The molecule has 0 aliphatic heterocycles. The van der Waals surface area contributed by atoms with Crippen LogP contribution in [0.3, 0.4) is 0 Å². The zero-order chi connectivity index (χ0) is 47.3. The van der Waals surface area contributed by atoms with Crippen molar-refractivity contribution in [3.8, 4) is 57.1 Å². The molecule has 0 atom stereocenters. The van der Waals surface area contributed by atoms with Crippen molar-refractivity contribution < 1.29 is 60.7 Å². The molecule has 0 fully saturated rings. The standard InChI is InChI=1S/C60H42N8O2.2Pt/c1-63(2)57-31-41-15-5-7-17-43(41)33-59(57)67-39-65(53-23-9-11-25-55(53)67)45-19-13-21-47(35-45)69-49-27-29-61-51(37-49)52-38-50(28-30-62-52)70-48-22-14-20-46(36-48)66-40-68(56-26-12-10-24-54(56)66)60-34-44-18-8-6-16-42(44)32-58(60)64(3)4;;/h5-34H,1-4H3;;/q-4;;. The number of benzene rings is 8. The average Bonchev–Trinajstić information content (AvgIpc) is 3.98. The first-order chi connectivity index (χ1) is 34.3. The summed E-state index contributed by atoms with van der Waals surface area (Å²) in [6.07, 6.45) is 10.6. The third-order valence-corrected chi connectivity index (χ3v) is 12.3. The van der Waals surface area contributed by atoms with Crippen LogP contribution < -0.4 is 28.4 Å². The Bertz CT molecular complexity index is 3700. The monoisotopic (exact) mass is 1300 g/mol. The van der Waals surface area contributed by atoms with Gasteiger partial charge in [0.25, 0.3) is 12.7 Å². The SMILES string of the molecule is CN(C)c1cc2ccccc2cc1-n1[c-][n+](-c2[c-]c(Oc3[c-]c(-c4[c-]c(Oc5[c-]c(-[n+]6[c-]n(-c7cc8ccccc8cc7N(C)C)c7ccccc76)ccc5)ccn4)ncc3)ccc2)c2ccccc21.[Pt].[Pt]. The topological polar surface area (TPSA) is 68.3 Å². The summed E-state index contributed by atoms with van der Waals surface area (Å²) in [6, 6.07) is 70.9. The van der Waals surface area contributed by atoms with E-state index >= 15 is 0 Å². The summed E-state index contributed by atoms with van der Waals surface area (Å²) in [7, 11) is 8.26. The van der Waals surface area contributed by atoms with Gasteiger partial charge in [0, 0.05) is 105 Å². The van der Waals surface area contributed by atoms with Gasteiger partial charge in [0.05, 0.1) is 33.4 Å². The summed E-state index contributed by atoms with van der Waals surface area (Å²) >= 11 is 0. The number of anilines is 2. The number of hydrogen-bond donors (Lipinski definition) is 0. The van der Waals surface area contributed by atoms with E-state index in [1.165, 1.54) is 10.8 Å². The molecule has 0 spiro atoms. The van der Waals surface area contributed by atoms with Crippen LogP contribution in [0.4, 0.5) is 11.4 Å². The molecule has 0 aliphatic carbocycles. The van der Waals surface area contributed by atoms with Crippen LogP contribution in [-0.4, -0.2) is 47.3 Å². The molecule has 10 nitrogen and oxygen atoms in total. The maximum Gasteiger partial charge on any atom is 0.268 e. The number of rotatable bonds is 11. The Morgan fingerprint density at radius 3 is 1.21 bits per heavy atom. The van der Waals surface area contributed by atoms with Crippen LogP contribution in [-0.2, 0) is 42.1 Å². The molecule has 0 N–H and O–H groups in total. The Morgan fingerprint density at radius 1 is 0.417 bits per heavy atom. The molecule has 12 rings (SSSR count). The van der Waals surface area contributed by atoms with Gasteiger partial charge in [-0.3, -0.25) is 9.13 Å². The van der Waals surface area contributed by atoms with Crippen LogP contribution in [0, 0.1) is 36.9 Å². The Hall–Kier alpha value is -7.90. The van der Waals surface area contributed by atoms with Gasteiger partial charge in [-0.15, -0.1) is 47.8 Å². The molecule has 0 bridgehead atoms. The maximum atomic E-state index is 6.40. The molecule has 0 radical (unpaired) electrons. The summed E-state index contributed by atoms with van der Waals surface area (Å²) in [5, 5.41) is 4.65. The van der Waals surface area contributed by atoms with Crippen LogP contribution in [0.15, 0.2) is 182 Å². The summed E-state index contributed by atoms with van der Waals surface area (Å²) < 4.78 is 21.1. The minimum Gasteiger partial charge on any atom is -0.511 e. The fourth-order valence-electron chi connectivity index (χ4n) is 8.93. The van der Waals surface area contributed by atoms with E-state index in [-0.39, 0.29) is 42.1 Å². The number of nitrogens with zero attached hydrogens (tertiary/aromatic N) is 8. The van der Waals surface area contributed by atoms with Crippen molar-refractivity contribution in [3.63, 3.8) is 0 Å². The van der Waals surface area contributed by atoms with E-state index in [0.717, 1.165) is 67.0 Å². The van der Waals surface area contributed by atoms with Gasteiger partial charge in [0.1, 0.15) is 0 Å². The van der Waals surface area contributed by atoms with Gasteiger partial charge in [0.15, 0.2) is 0 Å². The predicted octanol–water partition coefficient (Wildman–Crippen LogP) is 11.4. The average molecular weight is 1300 g/mol. The fraction of sp³-hybridized carbons (Fsp3) is 0.0667. The zero-order valence-electron chi connectivity index (χ0n) is 39.3. The molecule has 358 valence electrons. The minimum absolute atomic E-state index is 0. The van der Waals surface area contributed by atoms with Crippen molar-refractivity contribution >= 4 is 55.0 Å². The van der Waals surface area contributed by atoms with E-state index in [2.05, 4.69) is 191 Å². The van der Waals surface area contributed by atoms with Gasteiger partial charge in [-0.2, -0.15) is 36.4 Å². The van der Waals surface area contributed by atoms with Gasteiger partial charge in [-0.1, -0.05) is 97.1 Å². The van der Waals surface area contributed by atoms with Gasteiger partial charge >= 0.3 is 0 Å². The van der Waals surface area contributed by atoms with E-state index in [4.69, 9.17) is 9.47 Å². The molecule has 72 heavy (non-hydrogen) atoms. The Labute approximate surface area is 446 Å². The molecular formula is C60H42N8O2Pt2-4. The molecule has 4 heterocycles. The Morgan fingerprint density at radius 2 is 0.792 bits per heavy atom. The minimum atomic E-state index is 0. The Balaban J connectivity index is 0.00000298. The van der Waals surface area contributed by atoms with Crippen molar-refractivity contribution in [1.82, 2.24) is 19.1 Å². The maximum absolute atomic E-state index is 6.40. The molecule has 0 unspecified atom stereocenters. The van der Waals surface area contributed by atoms with Gasteiger partial charge < -0.3 is 38.4 Å². The van der Waals surface area contributed by atoms with Gasteiger partial charge in [-0.05, 0) is 69.6 Å². The number of aromatic nitrogens is 6. The summed E-state index contributed by atoms with van der Waals surface area (Å²) in [4.78, 5) is 13.4. The largest absolute Gasteiger partial charge is 0.511 e. The van der Waals surface area contributed by atoms with Crippen molar-refractivity contribution in [1.29, 1.82) is 0 Å². The normalized spacial score (nSPS) is 11.1. The zero-order valence-corrected chi connectivity index (χ0v) is 43.9. The summed E-state index contributed by atoms with van der Waals surface area (Å²) in [5.74, 6) is 1.89. The quantitative estimate of drug-likeness (QED) is 0.0950. The third kappa shape index (κ3) is 9.04. The fourth-order valence-corrected chi connectivity index (χ4v) is 8.93. The molecule has 12 aromatic rings. The second-order valence-corrected chi connectivity index (χ2v) is 17.3. The summed E-state index contributed by atoms with van der Waals surface area (Å²) in [6.45, 7) is 0. The second-order valence-electron chi connectivity index (χ2n) is 17.3. The number of fused-ring (bicyclic) bond motifs is 4. The number of para-hydroxylation sites is 4. The van der Waals surface area contributed by atoms with Crippen molar-refractivity contribution in [2.24, 2.45) is 0 Å². The number of imidazole rings is 2. The van der Waals surface area contributed by atoms with Crippen LogP contribution in [0.2, 0.25) is 0 Å². The number of ether oxygens (including phenoxy) is 2. The first-order valence-corrected chi connectivity index (χ1v) is 22.8. The van der Waals surface area contributed by atoms with Crippen LogP contribution >= 0.6 is 0 Å². The van der Waals surface area contributed by atoms with Crippen LogP contribution in [0.25, 0.3) is 77.7 Å². The molecule has 0 saturated carbocycles. The van der Waals surface area contributed by atoms with Gasteiger partial charge in [-0.25, -0.2) is 0 Å². The van der Waals surface area contributed by atoms with Crippen molar-refractivity contribution in [2.75, 3.05) is 38.0 Å². The second kappa shape index (κ2) is 20.1. The molecule has 0 aliphatic rings. The molecule has 4 aromatic heterocycles. The van der Waals surface area contributed by atoms with Crippen molar-refractivity contribution in [3.05, 3.63) is 219 Å². The van der Waals surface area contributed by atoms with Crippen LogP contribution in [0.1, 0.15) is 0 Å². The Kier molecular flexibility index (Phi) is 13.3. The molecular weight excluding hydrogens is 1250 g/mol. The first kappa shape index (κ1) is 47.8. The van der Waals surface area contributed by atoms with E-state index in [1.54, 1.807) is 24.5 Å². The number of pyridine rings is 2. The molecule has 8 aromatic carbocycles. The van der Waals surface area contributed by atoms with Crippen LogP contribution in [0.5, 0.6) is 23.0 Å². The molecule has 0 saturated heterocycles. The van der Waals surface area contributed by atoms with E-state index in [0.29, 0.717) is 34.4 Å².